The first-order chi connectivity index (χ1) is 18.7. The summed E-state index contributed by atoms with van der Waals surface area (Å²) in [6, 6.07) is 23.1. The molecular weight excluding hydrogens is 482 g/mol. The van der Waals surface area contributed by atoms with Crippen LogP contribution in [0.1, 0.15) is 68.6 Å². The van der Waals surface area contributed by atoms with E-state index in [1.54, 1.807) is 7.11 Å². The van der Waals surface area contributed by atoms with Crippen LogP contribution in [0.15, 0.2) is 66.7 Å². The lowest BCUT2D eigenvalue weighted by Gasteiger charge is -2.32. The van der Waals surface area contributed by atoms with Gasteiger partial charge in [-0.3, -0.25) is 4.79 Å². The van der Waals surface area contributed by atoms with E-state index in [1.807, 2.05) is 23.1 Å². The highest BCUT2D eigenvalue weighted by Crippen LogP contribution is 2.31. The fourth-order valence-electron chi connectivity index (χ4n) is 5.62. The third-order valence-corrected chi connectivity index (χ3v) is 7.55. The van der Waals surface area contributed by atoms with Gasteiger partial charge in [0, 0.05) is 13.0 Å². The first-order valence-electron chi connectivity index (χ1n) is 14.2. The molecule has 0 aliphatic carbocycles. The summed E-state index contributed by atoms with van der Waals surface area (Å²) in [6.45, 7) is 13.6. The van der Waals surface area contributed by atoms with Crippen LogP contribution >= 0.6 is 0 Å². The molecule has 4 rings (SSSR count). The Hall–Kier alpha value is -3.44. The molecule has 1 amide bonds. The molecule has 0 spiro atoms. The Morgan fingerprint density at radius 2 is 1.69 bits per heavy atom. The van der Waals surface area contributed by atoms with E-state index in [9.17, 15) is 4.79 Å². The zero-order chi connectivity index (χ0) is 28.1. The summed E-state index contributed by atoms with van der Waals surface area (Å²) in [5.41, 5.74) is 7.68. The molecule has 4 aromatic rings. The van der Waals surface area contributed by atoms with Crippen LogP contribution in [0.2, 0.25) is 0 Å². The quantitative estimate of drug-likeness (QED) is 0.206. The number of benzene rings is 3. The van der Waals surface area contributed by atoms with Crippen LogP contribution in [0.5, 0.6) is 0 Å². The van der Waals surface area contributed by atoms with Crippen molar-refractivity contribution in [2.45, 2.75) is 72.9 Å². The second kappa shape index (κ2) is 12.6. The summed E-state index contributed by atoms with van der Waals surface area (Å²) in [5, 5.41) is 0. The number of amides is 1. The maximum absolute atomic E-state index is 14.3. The molecule has 0 aliphatic rings. The Balaban J connectivity index is 1.75. The number of hydrogen-bond acceptors (Lipinski definition) is 3. The fourth-order valence-corrected chi connectivity index (χ4v) is 5.62. The van der Waals surface area contributed by atoms with Gasteiger partial charge in [-0.25, -0.2) is 4.98 Å². The minimum absolute atomic E-state index is 0.0347. The predicted octanol–water partition coefficient (Wildman–Crippen LogP) is 7.33. The van der Waals surface area contributed by atoms with E-state index in [0.29, 0.717) is 12.5 Å². The predicted molar refractivity (Wildman–Crippen MR) is 162 cm³/mol. The Labute approximate surface area is 233 Å². The Kier molecular flexibility index (Phi) is 9.24. The molecule has 0 aliphatic heterocycles. The number of aryl methyl sites for hydroxylation is 2. The van der Waals surface area contributed by atoms with E-state index in [1.165, 1.54) is 11.1 Å². The number of fused-ring (bicyclic) bond motifs is 1. The van der Waals surface area contributed by atoms with E-state index < -0.39 is 0 Å². The van der Waals surface area contributed by atoms with Crippen LogP contribution in [0.4, 0.5) is 5.69 Å². The number of nitrogens with zero attached hydrogens (tertiary/aromatic N) is 3. The van der Waals surface area contributed by atoms with Crippen molar-refractivity contribution in [2.75, 3.05) is 18.6 Å². The third kappa shape index (κ3) is 6.25. The van der Waals surface area contributed by atoms with Gasteiger partial charge in [0.15, 0.2) is 0 Å². The molecule has 0 saturated carbocycles. The molecule has 2 unspecified atom stereocenters. The molecular formula is C34H43N3O2. The van der Waals surface area contributed by atoms with E-state index in [-0.39, 0.29) is 24.4 Å². The average molecular weight is 526 g/mol. The van der Waals surface area contributed by atoms with Crippen LogP contribution in [-0.4, -0.2) is 35.2 Å². The molecule has 206 valence electrons. The van der Waals surface area contributed by atoms with Gasteiger partial charge < -0.3 is 14.2 Å². The summed E-state index contributed by atoms with van der Waals surface area (Å²) in [5.74, 6) is 1.59. The van der Waals surface area contributed by atoms with Crippen molar-refractivity contribution in [1.82, 2.24) is 9.55 Å². The van der Waals surface area contributed by atoms with Crippen LogP contribution in [-0.2, 0) is 28.9 Å². The molecule has 39 heavy (non-hydrogen) atoms. The lowest BCUT2D eigenvalue weighted by molar-refractivity contribution is -0.119. The number of imidazole rings is 1. The van der Waals surface area contributed by atoms with Gasteiger partial charge in [0.2, 0.25) is 5.91 Å². The number of rotatable bonds is 11. The Bertz CT molecular complexity index is 1400. The summed E-state index contributed by atoms with van der Waals surface area (Å²) < 4.78 is 7.63. The summed E-state index contributed by atoms with van der Waals surface area (Å²) >= 11 is 0. The number of carbonyl (C=O) groups excluding carboxylic acids is 1. The molecule has 0 N–H and O–H groups in total. The van der Waals surface area contributed by atoms with Crippen LogP contribution in [0.25, 0.3) is 11.0 Å². The normalized spacial score (nSPS) is 13.1. The minimum atomic E-state index is -0.113. The smallest absolute Gasteiger partial charge is 0.247 e. The van der Waals surface area contributed by atoms with Gasteiger partial charge >= 0.3 is 0 Å². The molecule has 1 aromatic heterocycles. The zero-order valence-corrected chi connectivity index (χ0v) is 24.6. The molecule has 1 heterocycles. The van der Waals surface area contributed by atoms with Gasteiger partial charge in [0.05, 0.1) is 29.4 Å². The number of anilines is 1. The fraction of sp³-hybridized carbons (Fsp3) is 0.412. The van der Waals surface area contributed by atoms with Crippen molar-refractivity contribution in [1.29, 1.82) is 0 Å². The number of methoxy groups -OCH3 is 1. The van der Waals surface area contributed by atoms with Crippen molar-refractivity contribution < 1.29 is 9.53 Å². The molecule has 5 nitrogen and oxygen atoms in total. The molecule has 0 radical (unpaired) electrons. The summed E-state index contributed by atoms with van der Waals surface area (Å²) in [4.78, 5) is 21.3. The first-order valence-corrected chi connectivity index (χ1v) is 14.2. The number of hydrogen-bond donors (Lipinski definition) is 0. The van der Waals surface area contributed by atoms with Crippen molar-refractivity contribution in [3.63, 3.8) is 0 Å². The topological polar surface area (TPSA) is 47.4 Å². The highest BCUT2D eigenvalue weighted by molar-refractivity contribution is 5.96. The zero-order valence-electron chi connectivity index (χ0n) is 24.6. The van der Waals surface area contributed by atoms with E-state index in [4.69, 9.17) is 9.72 Å². The summed E-state index contributed by atoms with van der Waals surface area (Å²) in [7, 11) is 1.69. The molecule has 3 aromatic carbocycles. The SMILES string of the molecule is CCc1cccc(C)c1N(C(=O)Cn1c(C(C)c2ccc(CC(C)C)cc2)nc2ccccc21)C(C)COC. The lowest BCUT2D eigenvalue weighted by Crippen LogP contribution is -2.44. The maximum Gasteiger partial charge on any atom is 0.247 e. The Morgan fingerprint density at radius 1 is 0.974 bits per heavy atom. The molecule has 2 atom stereocenters. The van der Waals surface area contributed by atoms with Crippen LogP contribution in [0.3, 0.4) is 0 Å². The van der Waals surface area contributed by atoms with E-state index in [2.05, 4.69) is 94.6 Å². The number of aromatic nitrogens is 2. The highest BCUT2D eigenvalue weighted by atomic mass is 16.5. The Morgan fingerprint density at radius 3 is 2.36 bits per heavy atom. The van der Waals surface area contributed by atoms with Gasteiger partial charge in [0.1, 0.15) is 12.4 Å². The number of ether oxygens (including phenoxy) is 1. The third-order valence-electron chi connectivity index (χ3n) is 7.55. The second-order valence-corrected chi connectivity index (χ2v) is 11.1. The van der Waals surface area contributed by atoms with Gasteiger partial charge in [-0.2, -0.15) is 0 Å². The minimum Gasteiger partial charge on any atom is -0.383 e. The monoisotopic (exact) mass is 525 g/mol. The first kappa shape index (κ1) is 28.6. The maximum atomic E-state index is 14.3. The molecule has 5 heteroatoms. The largest absolute Gasteiger partial charge is 0.383 e. The van der Waals surface area contributed by atoms with Gasteiger partial charge in [-0.15, -0.1) is 0 Å². The van der Waals surface area contributed by atoms with Crippen molar-refractivity contribution in [3.05, 3.63) is 94.8 Å². The molecule has 0 bridgehead atoms. The van der Waals surface area contributed by atoms with Crippen LogP contribution in [0, 0.1) is 12.8 Å². The van der Waals surface area contributed by atoms with E-state index in [0.717, 1.165) is 46.5 Å². The molecule has 0 saturated heterocycles. The van der Waals surface area contributed by atoms with Crippen molar-refractivity contribution >= 4 is 22.6 Å². The highest BCUT2D eigenvalue weighted by Gasteiger charge is 2.28. The summed E-state index contributed by atoms with van der Waals surface area (Å²) in [6.07, 6.45) is 1.92. The van der Waals surface area contributed by atoms with Crippen molar-refractivity contribution in [3.8, 4) is 0 Å². The molecule has 0 fully saturated rings. The average Bonchev–Trinajstić information content (AvgIpc) is 3.27. The van der Waals surface area contributed by atoms with Crippen LogP contribution < -0.4 is 4.90 Å². The lowest BCUT2D eigenvalue weighted by atomic mass is 9.96. The standard InChI is InChI=1S/C34H43N3O2/c1-8-28-13-11-12-24(4)33(28)37(25(5)22-39-7)32(38)21-36-31-15-10-9-14-30(31)35-34(36)26(6)29-18-16-27(17-19-29)20-23(2)3/h9-19,23,25-26H,8,20-22H2,1-7H3. The van der Waals surface area contributed by atoms with Gasteiger partial charge in [-0.05, 0) is 67.0 Å². The van der Waals surface area contributed by atoms with Gasteiger partial charge in [0.25, 0.3) is 0 Å². The van der Waals surface area contributed by atoms with E-state index >= 15 is 0 Å². The number of carbonyl (C=O) groups is 1. The van der Waals surface area contributed by atoms with Crippen molar-refractivity contribution in [2.24, 2.45) is 5.92 Å². The number of para-hydroxylation sites is 3. The van der Waals surface area contributed by atoms with Gasteiger partial charge in [-0.1, -0.05) is 82.3 Å². The second-order valence-electron chi connectivity index (χ2n) is 11.1.